The van der Waals surface area contributed by atoms with Crippen molar-refractivity contribution >= 4 is 11.8 Å². The van der Waals surface area contributed by atoms with E-state index in [9.17, 15) is 9.59 Å². The van der Waals surface area contributed by atoms with E-state index in [1.807, 2.05) is 0 Å². The molecule has 0 aromatic carbocycles. The quantitative estimate of drug-likeness (QED) is 0.590. The molecule has 0 bridgehead atoms. The highest BCUT2D eigenvalue weighted by molar-refractivity contribution is 6.12. The predicted molar refractivity (Wildman–Crippen MR) is 84.1 cm³/mol. The minimum Gasteiger partial charge on any atom is -0.499 e. The summed E-state index contributed by atoms with van der Waals surface area (Å²) in [4.78, 5) is 33.9. The number of imide groups is 1. The molecule has 120 valence electrons. The average molecular weight is 322 g/mol. The van der Waals surface area contributed by atoms with Crippen LogP contribution in [-0.4, -0.2) is 28.9 Å². The third-order valence-electron chi connectivity index (χ3n) is 4.15. The molecule has 0 radical (unpaired) electrons. The van der Waals surface area contributed by atoms with Gasteiger partial charge in [0.25, 0.3) is 11.8 Å². The van der Waals surface area contributed by atoms with Gasteiger partial charge in [0, 0.05) is 18.7 Å². The molecule has 2 rings (SSSR count). The average Bonchev–Trinajstić information content (AvgIpc) is 3.00. The number of carbonyl (C=O) groups excluding carboxylic acids is 2. The summed E-state index contributed by atoms with van der Waals surface area (Å²) in [5.41, 5.74) is -0.00117. The fourth-order valence-electron chi connectivity index (χ4n) is 2.65. The van der Waals surface area contributed by atoms with Gasteiger partial charge >= 0.3 is 5.82 Å². The molecule has 0 saturated heterocycles. The van der Waals surface area contributed by atoms with Gasteiger partial charge in [-0.1, -0.05) is 0 Å². The van der Waals surface area contributed by atoms with Crippen LogP contribution in [0.3, 0.4) is 0 Å². The van der Waals surface area contributed by atoms with Crippen LogP contribution in [0.15, 0.2) is 35.0 Å². The number of carbonyl (C=O) groups is 2. The Kier molecular flexibility index (Phi) is 4.53. The van der Waals surface area contributed by atoms with Crippen LogP contribution in [0.2, 0.25) is 0 Å². The number of hydrogen-bond acceptors (Lipinski definition) is 3. The largest absolute Gasteiger partial charge is 0.550 e. The summed E-state index contributed by atoms with van der Waals surface area (Å²) in [6.45, 7) is 25.1. The lowest BCUT2D eigenvalue weighted by Crippen LogP contribution is -2.33. The van der Waals surface area contributed by atoms with Gasteiger partial charge in [-0.3, -0.25) is 14.5 Å². The van der Waals surface area contributed by atoms with Gasteiger partial charge in [0.15, 0.2) is 0 Å². The maximum Gasteiger partial charge on any atom is 0.550 e. The first-order valence-corrected chi connectivity index (χ1v) is 7.19. The molecule has 0 fully saturated rings. The van der Waals surface area contributed by atoms with Crippen LogP contribution in [0.25, 0.3) is 14.5 Å². The van der Waals surface area contributed by atoms with Gasteiger partial charge in [-0.2, -0.15) is 9.69 Å². The minimum absolute atomic E-state index is 0.0185. The second-order valence-electron chi connectivity index (χ2n) is 5.56. The first-order valence-electron chi connectivity index (χ1n) is 7.19. The molecule has 1 atom stereocenters. The van der Waals surface area contributed by atoms with E-state index < -0.39 is 5.60 Å². The molecule has 0 spiro atoms. The third-order valence-corrected chi connectivity index (χ3v) is 4.15. The SMILES string of the molecule is [C-]#[N+]C([N+]#[C-])=C1OC(C)(CCCN2C(=O)C=CC2=O)C(C)=C1[N+]#[C-]. The second-order valence-corrected chi connectivity index (χ2v) is 5.56. The fourth-order valence-corrected chi connectivity index (χ4v) is 2.65. The van der Waals surface area contributed by atoms with Crippen molar-refractivity contribution in [2.24, 2.45) is 0 Å². The van der Waals surface area contributed by atoms with Gasteiger partial charge in [0.1, 0.15) is 18.7 Å². The van der Waals surface area contributed by atoms with Crippen molar-refractivity contribution in [1.82, 2.24) is 4.90 Å². The summed E-state index contributed by atoms with van der Waals surface area (Å²) in [6.07, 6.45) is 3.40. The lowest BCUT2D eigenvalue weighted by atomic mass is 9.92. The zero-order chi connectivity index (χ0) is 17.9. The van der Waals surface area contributed by atoms with Crippen LogP contribution in [0.5, 0.6) is 0 Å². The van der Waals surface area contributed by atoms with Crippen molar-refractivity contribution in [2.75, 3.05) is 6.54 Å². The molecule has 0 aliphatic carbocycles. The molecule has 0 aromatic heterocycles. The van der Waals surface area contributed by atoms with Crippen LogP contribution < -0.4 is 0 Å². The summed E-state index contributed by atoms with van der Waals surface area (Å²) in [7, 11) is 0. The summed E-state index contributed by atoms with van der Waals surface area (Å²) < 4.78 is 5.79. The van der Waals surface area contributed by atoms with Crippen LogP contribution in [0.1, 0.15) is 26.7 Å². The Morgan fingerprint density at radius 2 is 1.79 bits per heavy atom. The fraction of sp³-hybridized carbons (Fsp3) is 0.353. The van der Waals surface area contributed by atoms with Crippen LogP contribution >= 0.6 is 0 Å². The first-order chi connectivity index (χ1) is 11.4. The predicted octanol–water partition coefficient (Wildman–Crippen LogP) is 2.68. The van der Waals surface area contributed by atoms with E-state index in [1.165, 1.54) is 12.2 Å². The Hall–Kier alpha value is -3.37. The molecule has 1 unspecified atom stereocenters. The van der Waals surface area contributed by atoms with Crippen LogP contribution in [-0.2, 0) is 14.3 Å². The van der Waals surface area contributed by atoms with Crippen molar-refractivity contribution in [1.29, 1.82) is 0 Å². The van der Waals surface area contributed by atoms with Crippen molar-refractivity contribution in [3.8, 4) is 0 Å². The van der Waals surface area contributed by atoms with Gasteiger partial charge in [0.05, 0.1) is 6.57 Å². The summed E-state index contributed by atoms with van der Waals surface area (Å²) in [6, 6.07) is 0. The van der Waals surface area contributed by atoms with Crippen molar-refractivity contribution < 1.29 is 14.3 Å². The van der Waals surface area contributed by atoms with Crippen molar-refractivity contribution in [3.05, 3.63) is 69.3 Å². The number of nitrogens with zero attached hydrogens (tertiary/aromatic N) is 4. The molecule has 2 aliphatic rings. The van der Waals surface area contributed by atoms with E-state index in [2.05, 4.69) is 14.5 Å². The molecule has 0 N–H and O–H groups in total. The second kappa shape index (κ2) is 6.40. The minimum atomic E-state index is -0.838. The highest BCUT2D eigenvalue weighted by Gasteiger charge is 2.43. The Bertz CT molecular complexity index is 795. The molecular weight excluding hydrogens is 308 g/mol. The summed E-state index contributed by atoms with van der Waals surface area (Å²) in [5, 5.41) is 0. The topological polar surface area (TPSA) is 59.7 Å². The number of rotatable bonds is 4. The van der Waals surface area contributed by atoms with E-state index in [4.69, 9.17) is 24.5 Å². The van der Waals surface area contributed by atoms with Gasteiger partial charge in [-0.05, 0) is 32.3 Å². The molecule has 7 nitrogen and oxygen atoms in total. The highest BCUT2D eigenvalue weighted by Crippen LogP contribution is 2.43. The van der Waals surface area contributed by atoms with Gasteiger partial charge in [0.2, 0.25) is 11.5 Å². The molecule has 24 heavy (non-hydrogen) atoms. The Morgan fingerprint density at radius 3 is 2.29 bits per heavy atom. The van der Waals surface area contributed by atoms with E-state index >= 15 is 0 Å². The van der Waals surface area contributed by atoms with Gasteiger partial charge in [-0.15, -0.1) is 0 Å². The normalized spacial score (nSPS) is 22.3. The van der Waals surface area contributed by atoms with Crippen LogP contribution in [0.4, 0.5) is 0 Å². The zero-order valence-electron chi connectivity index (χ0n) is 13.3. The molecule has 2 amide bonds. The standard InChI is InChI=1S/C17H14N4O3/c1-11-14(18-3)15(16(19-4)20-5)24-17(11,2)9-6-10-21-12(22)7-8-13(21)23/h7-8H,6,9-10H2,1-2H3. The Balaban J connectivity index is 2.15. The van der Waals surface area contributed by atoms with Crippen LogP contribution in [0, 0.1) is 19.7 Å². The smallest absolute Gasteiger partial charge is 0.499 e. The Morgan fingerprint density at radius 1 is 1.21 bits per heavy atom. The molecule has 2 aliphatic heterocycles. The van der Waals surface area contributed by atoms with Crippen molar-refractivity contribution in [3.63, 3.8) is 0 Å². The molecule has 0 saturated carbocycles. The van der Waals surface area contributed by atoms with E-state index in [-0.39, 0.29) is 35.6 Å². The third kappa shape index (κ3) is 2.78. The molecular formula is C17H14N4O3. The van der Waals surface area contributed by atoms with Gasteiger partial charge in [-0.25, -0.2) is 4.85 Å². The maximum atomic E-state index is 11.5. The Labute approximate surface area is 140 Å². The molecule has 2 heterocycles. The first kappa shape index (κ1) is 17.0. The number of hydrogen-bond donors (Lipinski definition) is 0. The number of ether oxygens (including phenoxy) is 1. The highest BCUT2D eigenvalue weighted by atomic mass is 16.5. The lowest BCUT2D eigenvalue weighted by molar-refractivity contribution is -0.137. The van der Waals surface area contributed by atoms with Gasteiger partial charge < -0.3 is 4.74 Å². The van der Waals surface area contributed by atoms with E-state index in [0.29, 0.717) is 18.4 Å². The molecule has 0 aromatic rings. The summed E-state index contributed by atoms with van der Waals surface area (Å²) >= 11 is 0. The molecule has 7 heteroatoms. The monoisotopic (exact) mass is 322 g/mol. The summed E-state index contributed by atoms with van der Waals surface area (Å²) in [5.74, 6) is -0.922. The van der Waals surface area contributed by atoms with Crippen molar-refractivity contribution in [2.45, 2.75) is 32.3 Å². The number of amides is 2. The van der Waals surface area contributed by atoms with E-state index in [0.717, 1.165) is 4.90 Å². The lowest BCUT2D eigenvalue weighted by Gasteiger charge is -2.27. The zero-order valence-corrected chi connectivity index (χ0v) is 13.3. The van der Waals surface area contributed by atoms with E-state index in [1.54, 1.807) is 13.8 Å². The maximum absolute atomic E-state index is 11.5.